The summed E-state index contributed by atoms with van der Waals surface area (Å²) >= 11 is 0. The average molecular weight is 354 g/mol. The van der Waals surface area contributed by atoms with Gasteiger partial charge in [0.15, 0.2) is 0 Å². The predicted octanol–water partition coefficient (Wildman–Crippen LogP) is 2.75. The first-order valence-electron chi connectivity index (χ1n) is 8.86. The molecule has 4 nitrogen and oxygen atoms in total. The van der Waals surface area contributed by atoms with Crippen molar-refractivity contribution >= 4 is 18.3 Å². The first kappa shape index (κ1) is 20.9. The van der Waals surface area contributed by atoms with Crippen LogP contribution in [0.3, 0.4) is 0 Å². The third-order valence-electron chi connectivity index (χ3n) is 4.62. The third kappa shape index (κ3) is 6.80. The number of nitrogens with zero attached hydrogens (tertiary/aromatic N) is 1. The van der Waals surface area contributed by atoms with Crippen LogP contribution in [0, 0.1) is 0 Å². The summed E-state index contributed by atoms with van der Waals surface area (Å²) < 4.78 is 0. The second-order valence-electron chi connectivity index (χ2n) is 6.87. The van der Waals surface area contributed by atoms with Crippen molar-refractivity contribution in [1.82, 2.24) is 15.5 Å². The Morgan fingerprint density at radius 3 is 2.29 bits per heavy atom. The molecular formula is C19H32ClN3O. The molecule has 5 heteroatoms. The van der Waals surface area contributed by atoms with Crippen LogP contribution in [0.15, 0.2) is 24.3 Å². The van der Waals surface area contributed by atoms with Gasteiger partial charge in [-0.15, -0.1) is 12.4 Å². The summed E-state index contributed by atoms with van der Waals surface area (Å²) in [7, 11) is 0. The molecule has 1 atom stereocenters. The molecule has 1 heterocycles. The molecule has 1 fully saturated rings. The van der Waals surface area contributed by atoms with Gasteiger partial charge in [-0.1, -0.05) is 45.0 Å². The lowest BCUT2D eigenvalue weighted by atomic mass is 9.94. The van der Waals surface area contributed by atoms with Crippen molar-refractivity contribution in [2.24, 2.45) is 0 Å². The van der Waals surface area contributed by atoms with Crippen molar-refractivity contribution in [1.29, 1.82) is 0 Å². The first-order chi connectivity index (χ1) is 11.1. The Morgan fingerprint density at radius 2 is 1.71 bits per heavy atom. The van der Waals surface area contributed by atoms with Crippen LogP contribution in [-0.4, -0.2) is 50.1 Å². The second kappa shape index (κ2) is 10.7. The minimum absolute atomic E-state index is 0. The fourth-order valence-electron chi connectivity index (χ4n) is 2.97. The van der Waals surface area contributed by atoms with Gasteiger partial charge in [0.2, 0.25) is 5.91 Å². The van der Waals surface area contributed by atoms with Crippen LogP contribution in [0.1, 0.15) is 50.2 Å². The van der Waals surface area contributed by atoms with E-state index in [0.29, 0.717) is 12.3 Å². The van der Waals surface area contributed by atoms with Crippen molar-refractivity contribution in [3.05, 3.63) is 35.4 Å². The molecule has 0 aliphatic carbocycles. The van der Waals surface area contributed by atoms with Gasteiger partial charge in [-0.05, 0) is 23.0 Å². The number of nitrogens with one attached hydrogen (secondary N) is 2. The molecule has 1 amide bonds. The molecule has 2 rings (SSSR count). The lowest BCUT2D eigenvalue weighted by Gasteiger charge is -2.27. The highest BCUT2D eigenvalue weighted by atomic mass is 35.5. The van der Waals surface area contributed by atoms with E-state index >= 15 is 0 Å². The molecule has 1 aliphatic rings. The van der Waals surface area contributed by atoms with E-state index in [1.54, 1.807) is 0 Å². The minimum atomic E-state index is 0. The van der Waals surface area contributed by atoms with Crippen LogP contribution in [0.2, 0.25) is 0 Å². The zero-order valence-electron chi connectivity index (χ0n) is 15.2. The molecular weight excluding hydrogens is 322 g/mol. The largest absolute Gasteiger partial charge is 0.355 e. The molecule has 0 spiro atoms. The van der Waals surface area contributed by atoms with E-state index in [4.69, 9.17) is 0 Å². The van der Waals surface area contributed by atoms with Gasteiger partial charge in [0.1, 0.15) is 0 Å². The molecule has 1 aromatic carbocycles. The van der Waals surface area contributed by atoms with Crippen molar-refractivity contribution in [2.45, 2.75) is 39.0 Å². The lowest BCUT2D eigenvalue weighted by Crippen LogP contribution is -2.46. The quantitative estimate of drug-likeness (QED) is 0.792. The average Bonchev–Trinajstić information content (AvgIpc) is 2.56. The van der Waals surface area contributed by atoms with Gasteiger partial charge in [0.25, 0.3) is 0 Å². The lowest BCUT2D eigenvalue weighted by molar-refractivity contribution is -0.121. The van der Waals surface area contributed by atoms with E-state index in [0.717, 1.165) is 39.3 Å². The fraction of sp³-hybridized carbons (Fsp3) is 0.632. The molecule has 1 unspecified atom stereocenters. The van der Waals surface area contributed by atoms with Gasteiger partial charge < -0.3 is 10.6 Å². The number of halogens is 1. The fourth-order valence-corrected chi connectivity index (χ4v) is 2.97. The minimum Gasteiger partial charge on any atom is -0.355 e. The number of piperazine rings is 1. The first-order valence-corrected chi connectivity index (χ1v) is 8.86. The molecule has 1 aromatic rings. The summed E-state index contributed by atoms with van der Waals surface area (Å²) in [6, 6.07) is 8.68. The summed E-state index contributed by atoms with van der Waals surface area (Å²) in [6.45, 7) is 12.5. The van der Waals surface area contributed by atoms with Gasteiger partial charge in [-0.3, -0.25) is 9.69 Å². The monoisotopic (exact) mass is 353 g/mol. The van der Waals surface area contributed by atoms with Gasteiger partial charge in [0, 0.05) is 45.7 Å². The maximum atomic E-state index is 12.1. The summed E-state index contributed by atoms with van der Waals surface area (Å²) in [5.74, 6) is 0.962. The van der Waals surface area contributed by atoms with Crippen LogP contribution >= 0.6 is 12.4 Å². The summed E-state index contributed by atoms with van der Waals surface area (Å²) in [5, 5.41) is 6.40. The number of carbonyl (C=O) groups excluding carboxylic acids is 1. The molecule has 1 saturated heterocycles. The molecule has 0 bridgehead atoms. The Balaban J connectivity index is 0.00000288. The van der Waals surface area contributed by atoms with Gasteiger partial charge in [0.05, 0.1) is 0 Å². The summed E-state index contributed by atoms with van der Waals surface area (Å²) in [6.07, 6.45) is 0.558. The van der Waals surface area contributed by atoms with Crippen LogP contribution in [0.4, 0.5) is 0 Å². The highest BCUT2D eigenvalue weighted by Gasteiger charge is 2.13. The van der Waals surface area contributed by atoms with Crippen molar-refractivity contribution < 1.29 is 4.79 Å². The highest BCUT2D eigenvalue weighted by Crippen LogP contribution is 2.22. The maximum Gasteiger partial charge on any atom is 0.220 e. The van der Waals surface area contributed by atoms with E-state index in [1.807, 2.05) is 0 Å². The molecule has 0 radical (unpaired) electrons. The zero-order valence-corrected chi connectivity index (χ0v) is 16.0. The Bertz CT molecular complexity index is 484. The normalized spacial score (nSPS) is 16.5. The zero-order chi connectivity index (χ0) is 16.7. The van der Waals surface area contributed by atoms with E-state index < -0.39 is 0 Å². The second-order valence-corrected chi connectivity index (χ2v) is 6.87. The van der Waals surface area contributed by atoms with E-state index in [-0.39, 0.29) is 24.2 Å². The Hall–Kier alpha value is -1.10. The van der Waals surface area contributed by atoms with E-state index in [9.17, 15) is 4.79 Å². The number of hydrogen-bond acceptors (Lipinski definition) is 3. The standard InChI is InChI=1S/C19H31N3O.ClH/c1-15(2)17-4-6-18(7-5-17)16(3)14-19(23)21-10-13-22-11-8-20-9-12-22;/h4-7,15-16,20H,8-14H2,1-3H3,(H,21,23);1H. The highest BCUT2D eigenvalue weighted by molar-refractivity contribution is 5.85. The van der Waals surface area contributed by atoms with E-state index in [1.165, 1.54) is 11.1 Å². The van der Waals surface area contributed by atoms with Gasteiger partial charge in [-0.25, -0.2) is 0 Å². The van der Waals surface area contributed by atoms with Crippen LogP contribution in [0.5, 0.6) is 0 Å². The molecule has 0 aromatic heterocycles. The SMILES string of the molecule is CC(C)c1ccc(C(C)CC(=O)NCCN2CCNCC2)cc1.Cl. The Morgan fingerprint density at radius 1 is 1.12 bits per heavy atom. The molecule has 1 aliphatic heterocycles. The Labute approximate surface area is 152 Å². The van der Waals surface area contributed by atoms with Crippen molar-refractivity contribution in [2.75, 3.05) is 39.3 Å². The number of hydrogen-bond donors (Lipinski definition) is 2. The topological polar surface area (TPSA) is 44.4 Å². The number of amides is 1. The number of benzene rings is 1. The van der Waals surface area contributed by atoms with E-state index in [2.05, 4.69) is 60.6 Å². The molecule has 24 heavy (non-hydrogen) atoms. The number of rotatable bonds is 7. The van der Waals surface area contributed by atoms with Gasteiger partial charge in [-0.2, -0.15) is 0 Å². The van der Waals surface area contributed by atoms with Crippen LogP contribution < -0.4 is 10.6 Å². The summed E-state index contributed by atoms with van der Waals surface area (Å²) in [5.41, 5.74) is 2.59. The Kier molecular flexibility index (Phi) is 9.34. The molecule has 0 saturated carbocycles. The third-order valence-corrected chi connectivity index (χ3v) is 4.62. The van der Waals surface area contributed by atoms with Gasteiger partial charge >= 0.3 is 0 Å². The number of carbonyl (C=O) groups is 1. The predicted molar refractivity (Wildman–Crippen MR) is 103 cm³/mol. The van der Waals surface area contributed by atoms with Crippen molar-refractivity contribution in [3.8, 4) is 0 Å². The van der Waals surface area contributed by atoms with Crippen molar-refractivity contribution in [3.63, 3.8) is 0 Å². The maximum absolute atomic E-state index is 12.1. The smallest absolute Gasteiger partial charge is 0.220 e. The summed E-state index contributed by atoms with van der Waals surface area (Å²) in [4.78, 5) is 14.5. The molecule has 136 valence electrons. The van der Waals surface area contributed by atoms with Crippen LogP contribution in [-0.2, 0) is 4.79 Å². The molecule has 2 N–H and O–H groups in total. The van der Waals surface area contributed by atoms with Crippen LogP contribution in [0.25, 0.3) is 0 Å².